The quantitative estimate of drug-likeness (QED) is 0.630. The first-order chi connectivity index (χ1) is 8.50. The number of primary amides is 1. The van der Waals surface area contributed by atoms with E-state index < -0.39 is 23.8 Å². The SMILES string of the molecule is NC(=O)[C@@H](CCC(=O)O)NC(=O)c1cccnc1. The molecule has 18 heavy (non-hydrogen) atoms. The van der Waals surface area contributed by atoms with E-state index >= 15 is 0 Å². The van der Waals surface area contributed by atoms with E-state index in [0.717, 1.165) is 0 Å². The lowest BCUT2D eigenvalue weighted by atomic mass is 10.1. The fourth-order valence-electron chi connectivity index (χ4n) is 1.29. The molecule has 0 fully saturated rings. The summed E-state index contributed by atoms with van der Waals surface area (Å²) in [5, 5.41) is 10.9. The molecule has 1 aromatic heterocycles. The lowest BCUT2D eigenvalue weighted by Crippen LogP contribution is -2.44. The van der Waals surface area contributed by atoms with Crippen LogP contribution in [0.2, 0.25) is 0 Å². The third-order valence-corrected chi connectivity index (χ3v) is 2.22. The van der Waals surface area contributed by atoms with Gasteiger partial charge in [0.05, 0.1) is 5.56 Å². The Labute approximate surface area is 103 Å². The van der Waals surface area contributed by atoms with Crippen LogP contribution in [0, 0.1) is 0 Å². The molecular formula is C11H13N3O4. The highest BCUT2D eigenvalue weighted by molar-refractivity contribution is 5.97. The maximum Gasteiger partial charge on any atom is 0.303 e. The minimum absolute atomic E-state index is 0.0450. The first kappa shape index (κ1) is 13.6. The monoisotopic (exact) mass is 251 g/mol. The number of aliphatic carboxylic acids is 1. The number of nitrogens with one attached hydrogen (secondary N) is 1. The molecule has 4 N–H and O–H groups in total. The minimum atomic E-state index is -1.06. The second kappa shape index (κ2) is 6.33. The largest absolute Gasteiger partial charge is 0.481 e. The zero-order valence-electron chi connectivity index (χ0n) is 9.50. The number of nitrogens with zero attached hydrogens (tertiary/aromatic N) is 1. The van der Waals surface area contributed by atoms with Crippen molar-refractivity contribution in [1.29, 1.82) is 0 Å². The van der Waals surface area contributed by atoms with Crippen molar-refractivity contribution in [3.63, 3.8) is 0 Å². The number of amides is 2. The smallest absolute Gasteiger partial charge is 0.303 e. The van der Waals surface area contributed by atoms with Gasteiger partial charge in [-0.25, -0.2) is 0 Å². The number of hydrogen-bond donors (Lipinski definition) is 3. The fourth-order valence-corrected chi connectivity index (χ4v) is 1.29. The van der Waals surface area contributed by atoms with Crippen LogP contribution in [-0.4, -0.2) is 33.9 Å². The summed E-state index contributed by atoms with van der Waals surface area (Å²) in [7, 11) is 0. The summed E-state index contributed by atoms with van der Waals surface area (Å²) < 4.78 is 0. The summed E-state index contributed by atoms with van der Waals surface area (Å²) >= 11 is 0. The van der Waals surface area contributed by atoms with Crippen LogP contribution in [0.4, 0.5) is 0 Å². The van der Waals surface area contributed by atoms with Gasteiger partial charge < -0.3 is 16.2 Å². The van der Waals surface area contributed by atoms with Crippen molar-refractivity contribution in [3.05, 3.63) is 30.1 Å². The summed E-state index contributed by atoms with van der Waals surface area (Å²) in [4.78, 5) is 36.9. The Morgan fingerprint density at radius 1 is 1.44 bits per heavy atom. The van der Waals surface area contributed by atoms with Crippen molar-refractivity contribution in [2.24, 2.45) is 5.73 Å². The van der Waals surface area contributed by atoms with Crippen LogP contribution in [0.3, 0.4) is 0 Å². The van der Waals surface area contributed by atoms with Gasteiger partial charge in [0.2, 0.25) is 5.91 Å². The van der Waals surface area contributed by atoms with Gasteiger partial charge in [0.25, 0.3) is 5.91 Å². The Morgan fingerprint density at radius 3 is 2.67 bits per heavy atom. The third-order valence-electron chi connectivity index (χ3n) is 2.22. The molecule has 0 radical (unpaired) electrons. The average molecular weight is 251 g/mol. The molecule has 7 heteroatoms. The van der Waals surface area contributed by atoms with Gasteiger partial charge in [0, 0.05) is 18.8 Å². The summed E-state index contributed by atoms with van der Waals surface area (Å²) in [6, 6.07) is 2.09. The number of pyridine rings is 1. The Hall–Kier alpha value is -2.44. The van der Waals surface area contributed by atoms with Gasteiger partial charge in [0.1, 0.15) is 6.04 Å². The Kier molecular flexibility index (Phi) is 4.79. The molecule has 0 aliphatic heterocycles. The van der Waals surface area contributed by atoms with E-state index in [1.807, 2.05) is 0 Å². The molecule has 1 rings (SSSR count). The minimum Gasteiger partial charge on any atom is -0.481 e. The second-order valence-corrected chi connectivity index (χ2v) is 3.60. The van der Waals surface area contributed by atoms with E-state index in [0.29, 0.717) is 0 Å². The van der Waals surface area contributed by atoms with Gasteiger partial charge in [-0.15, -0.1) is 0 Å². The van der Waals surface area contributed by atoms with Crippen LogP contribution in [-0.2, 0) is 9.59 Å². The number of nitrogens with two attached hydrogens (primary N) is 1. The molecule has 0 aromatic carbocycles. The predicted octanol–water partition coefficient (Wildman–Crippen LogP) is -0.470. The normalized spacial score (nSPS) is 11.6. The number of rotatable bonds is 6. The van der Waals surface area contributed by atoms with E-state index in [9.17, 15) is 14.4 Å². The number of carboxylic acids is 1. The van der Waals surface area contributed by atoms with E-state index in [2.05, 4.69) is 10.3 Å². The van der Waals surface area contributed by atoms with Crippen molar-refractivity contribution in [2.75, 3.05) is 0 Å². The number of carboxylic acid groups (broad SMARTS) is 1. The van der Waals surface area contributed by atoms with Crippen LogP contribution in [0.15, 0.2) is 24.5 Å². The van der Waals surface area contributed by atoms with Gasteiger partial charge in [0.15, 0.2) is 0 Å². The van der Waals surface area contributed by atoms with Crippen molar-refractivity contribution >= 4 is 17.8 Å². The van der Waals surface area contributed by atoms with Crippen LogP contribution in [0.5, 0.6) is 0 Å². The van der Waals surface area contributed by atoms with Gasteiger partial charge in [-0.1, -0.05) is 0 Å². The standard InChI is InChI=1S/C11H13N3O4/c12-10(17)8(3-4-9(15)16)14-11(18)7-2-1-5-13-6-7/h1-2,5-6,8H,3-4H2,(H2,12,17)(H,14,18)(H,15,16)/t8-/m1/s1. The average Bonchev–Trinajstić information content (AvgIpc) is 2.34. The maximum absolute atomic E-state index is 11.7. The van der Waals surface area contributed by atoms with E-state index in [1.165, 1.54) is 18.5 Å². The first-order valence-corrected chi connectivity index (χ1v) is 5.22. The molecule has 96 valence electrons. The molecule has 0 aliphatic carbocycles. The van der Waals surface area contributed by atoms with E-state index in [-0.39, 0.29) is 18.4 Å². The Morgan fingerprint density at radius 2 is 2.17 bits per heavy atom. The molecule has 0 unspecified atom stereocenters. The Bertz CT molecular complexity index is 447. The number of hydrogen-bond acceptors (Lipinski definition) is 4. The summed E-state index contributed by atoms with van der Waals surface area (Å²) in [6.07, 6.45) is 2.55. The summed E-state index contributed by atoms with van der Waals surface area (Å²) in [6.45, 7) is 0. The zero-order chi connectivity index (χ0) is 13.5. The van der Waals surface area contributed by atoms with Crippen LogP contribution in [0.25, 0.3) is 0 Å². The highest BCUT2D eigenvalue weighted by Gasteiger charge is 2.19. The van der Waals surface area contributed by atoms with E-state index in [1.54, 1.807) is 6.07 Å². The molecule has 0 saturated carbocycles. The van der Waals surface area contributed by atoms with Crippen molar-refractivity contribution in [3.8, 4) is 0 Å². The lowest BCUT2D eigenvalue weighted by molar-refractivity contribution is -0.137. The highest BCUT2D eigenvalue weighted by Crippen LogP contribution is 2.01. The predicted molar refractivity (Wildman–Crippen MR) is 61.6 cm³/mol. The molecule has 0 bridgehead atoms. The highest BCUT2D eigenvalue weighted by atomic mass is 16.4. The van der Waals surface area contributed by atoms with Gasteiger partial charge in [-0.2, -0.15) is 0 Å². The number of carbonyl (C=O) groups is 3. The molecule has 1 aromatic rings. The number of aromatic nitrogens is 1. The molecule has 0 aliphatic rings. The maximum atomic E-state index is 11.7. The third kappa shape index (κ3) is 4.20. The van der Waals surface area contributed by atoms with E-state index in [4.69, 9.17) is 10.8 Å². The first-order valence-electron chi connectivity index (χ1n) is 5.22. The molecule has 0 spiro atoms. The van der Waals surface area contributed by atoms with Gasteiger partial charge >= 0.3 is 5.97 Å². The van der Waals surface area contributed by atoms with Crippen molar-refractivity contribution < 1.29 is 19.5 Å². The summed E-state index contributed by atoms with van der Waals surface area (Å²) in [5.74, 6) is -2.34. The molecular weight excluding hydrogens is 238 g/mol. The lowest BCUT2D eigenvalue weighted by Gasteiger charge is -2.14. The van der Waals surface area contributed by atoms with Crippen LogP contribution in [0.1, 0.15) is 23.2 Å². The molecule has 2 amide bonds. The van der Waals surface area contributed by atoms with Gasteiger partial charge in [-0.3, -0.25) is 19.4 Å². The summed E-state index contributed by atoms with van der Waals surface area (Å²) in [5.41, 5.74) is 5.36. The Balaban J connectivity index is 2.64. The molecule has 7 nitrogen and oxygen atoms in total. The molecule has 0 saturated heterocycles. The van der Waals surface area contributed by atoms with Gasteiger partial charge in [-0.05, 0) is 18.6 Å². The second-order valence-electron chi connectivity index (χ2n) is 3.60. The zero-order valence-corrected chi connectivity index (χ0v) is 9.50. The fraction of sp³-hybridized carbons (Fsp3) is 0.273. The molecule has 1 atom stereocenters. The number of carbonyl (C=O) groups excluding carboxylic acids is 2. The molecule has 1 heterocycles. The van der Waals surface area contributed by atoms with Crippen molar-refractivity contribution in [1.82, 2.24) is 10.3 Å². The van der Waals surface area contributed by atoms with Crippen molar-refractivity contribution in [2.45, 2.75) is 18.9 Å². The topological polar surface area (TPSA) is 122 Å². The van der Waals surface area contributed by atoms with Crippen LogP contribution < -0.4 is 11.1 Å². The van der Waals surface area contributed by atoms with Crippen LogP contribution >= 0.6 is 0 Å².